The van der Waals surface area contributed by atoms with E-state index in [9.17, 15) is 19.5 Å². The Bertz CT molecular complexity index is 695. The van der Waals surface area contributed by atoms with Crippen LogP contribution in [0.25, 0.3) is 0 Å². The van der Waals surface area contributed by atoms with Crippen LogP contribution in [0.2, 0.25) is 0 Å². The number of nitrogens with zero attached hydrogens (tertiary/aromatic N) is 4. The predicted octanol–water partition coefficient (Wildman–Crippen LogP) is -0.442. The third kappa shape index (κ3) is 4.54. The SMILES string of the molecule is O=C(O)CC1(O)CCN(C(=O)C(=O)N2CCN(c3ccncc3)CC2)CC1. The van der Waals surface area contributed by atoms with E-state index in [4.69, 9.17) is 5.11 Å². The Kier molecular flexibility index (Phi) is 5.59. The molecule has 9 nitrogen and oxygen atoms in total. The smallest absolute Gasteiger partial charge is 0.312 e. The van der Waals surface area contributed by atoms with Crippen molar-refractivity contribution in [3.63, 3.8) is 0 Å². The molecule has 27 heavy (non-hydrogen) atoms. The first kappa shape index (κ1) is 19.1. The minimum atomic E-state index is -1.30. The Hall–Kier alpha value is -2.68. The van der Waals surface area contributed by atoms with Gasteiger partial charge in [-0.05, 0) is 25.0 Å². The van der Waals surface area contributed by atoms with Gasteiger partial charge < -0.3 is 24.9 Å². The van der Waals surface area contributed by atoms with Crippen LogP contribution in [-0.2, 0) is 14.4 Å². The lowest BCUT2D eigenvalue weighted by Gasteiger charge is -2.39. The van der Waals surface area contributed by atoms with Crippen LogP contribution in [0.1, 0.15) is 19.3 Å². The van der Waals surface area contributed by atoms with Gasteiger partial charge in [0.05, 0.1) is 12.0 Å². The van der Waals surface area contributed by atoms with Crippen molar-refractivity contribution >= 4 is 23.5 Å². The summed E-state index contributed by atoms with van der Waals surface area (Å²) < 4.78 is 0. The number of hydrogen-bond acceptors (Lipinski definition) is 6. The highest BCUT2D eigenvalue weighted by atomic mass is 16.4. The molecule has 0 atom stereocenters. The van der Waals surface area contributed by atoms with E-state index in [-0.39, 0.29) is 32.4 Å². The molecule has 0 bridgehead atoms. The Labute approximate surface area is 157 Å². The Morgan fingerprint density at radius 3 is 1.96 bits per heavy atom. The fourth-order valence-electron chi connectivity index (χ4n) is 3.58. The molecule has 0 aromatic carbocycles. The number of amides is 2. The number of pyridine rings is 1. The van der Waals surface area contributed by atoms with Crippen molar-refractivity contribution in [2.45, 2.75) is 24.9 Å². The molecule has 3 heterocycles. The number of carboxylic acids is 1. The van der Waals surface area contributed by atoms with Crippen molar-refractivity contribution in [1.29, 1.82) is 0 Å². The zero-order valence-corrected chi connectivity index (χ0v) is 15.1. The summed E-state index contributed by atoms with van der Waals surface area (Å²) >= 11 is 0. The van der Waals surface area contributed by atoms with Gasteiger partial charge in [-0.2, -0.15) is 0 Å². The highest BCUT2D eigenvalue weighted by molar-refractivity contribution is 6.35. The Morgan fingerprint density at radius 2 is 1.44 bits per heavy atom. The summed E-state index contributed by atoms with van der Waals surface area (Å²) in [5.74, 6) is -2.18. The van der Waals surface area contributed by atoms with E-state index in [1.54, 1.807) is 17.3 Å². The molecule has 2 aliphatic rings. The van der Waals surface area contributed by atoms with Gasteiger partial charge in [-0.3, -0.25) is 19.4 Å². The number of aromatic nitrogens is 1. The van der Waals surface area contributed by atoms with Crippen LogP contribution in [0, 0.1) is 0 Å². The molecule has 2 saturated heterocycles. The second kappa shape index (κ2) is 7.91. The van der Waals surface area contributed by atoms with E-state index >= 15 is 0 Å². The molecule has 0 spiro atoms. The number of hydrogen-bond donors (Lipinski definition) is 2. The number of carboxylic acid groups (broad SMARTS) is 1. The van der Waals surface area contributed by atoms with Gasteiger partial charge in [0.15, 0.2) is 0 Å². The number of likely N-dealkylation sites (tertiary alicyclic amines) is 1. The summed E-state index contributed by atoms with van der Waals surface area (Å²) in [7, 11) is 0. The summed E-state index contributed by atoms with van der Waals surface area (Å²) in [6.45, 7) is 2.58. The number of aliphatic hydroxyl groups is 1. The Balaban J connectivity index is 1.50. The van der Waals surface area contributed by atoms with Crippen LogP contribution in [0.3, 0.4) is 0 Å². The van der Waals surface area contributed by atoms with Gasteiger partial charge in [-0.1, -0.05) is 0 Å². The zero-order chi connectivity index (χ0) is 19.4. The highest BCUT2D eigenvalue weighted by Crippen LogP contribution is 2.26. The van der Waals surface area contributed by atoms with Gasteiger partial charge in [0, 0.05) is 57.3 Å². The third-order valence-corrected chi connectivity index (χ3v) is 5.24. The first-order valence-corrected chi connectivity index (χ1v) is 9.05. The topological polar surface area (TPSA) is 114 Å². The standard InChI is InChI=1S/C18H24N4O5/c23-15(24)13-18(27)3-7-21(8-4-18)16(25)17(26)22-11-9-20(10-12-22)14-1-5-19-6-2-14/h1-2,5-6,27H,3-4,7-13H2,(H,23,24). The largest absolute Gasteiger partial charge is 0.481 e. The van der Waals surface area contributed by atoms with Crippen LogP contribution in [-0.4, -0.2) is 87.7 Å². The molecule has 1 aromatic heterocycles. The summed E-state index contributed by atoms with van der Waals surface area (Å²) in [5, 5.41) is 19.1. The molecule has 1 aromatic rings. The monoisotopic (exact) mass is 376 g/mol. The average molecular weight is 376 g/mol. The minimum absolute atomic E-state index is 0.161. The number of anilines is 1. The van der Waals surface area contributed by atoms with E-state index in [0.29, 0.717) is 26.2 Å². The van der Waals surface area contributed by atoms with Crippen LogP contribution in [0.5, 0.6) is 0 Å². The maximum absolute atomic E-state index is 12.5. The first-order chi connectivity index (χ1) is 12.9. The van der Waals surface area contributed by atoms with Crippen molar-refractivity contribution in [3.05, 3.63) is 24.5 Å². The molecule has 0 saturated carbocycles. The van der Waals surface area contributed by atoms with Gasteiger partial charge in [0.2, 0.25) is 0 Å². The molecule has 0 unspecified atom stereocenters. The van der Waals surface area contributed by atoms with Crippen molar-refractivity contribution in [2.75, 3.05) is 44.2 Å². The van der Waals surface area contributed by atoms with Gasteiger partial charge >= 0.3 is 17.8 Å². The van der Waals surface area contributed by atoms with E-state index in [1.165, 1.54) is 4.90 Å². The van der Waals surface area contributed by atoms with E-state index < -0.39 is 23.4 Å². The maximum atomic E-state index is 12.5. The first-order valence-electron chi connectivity index (χ1n) is 9.05. The molecule has 3 rings (SSSR count). The predicted molar refractivity (Wildman–Crippen MR) is 96.0 cm³/mol. The number of rotatable bonds is 3. The van der Waals surface area contributed by atoms with E-state index in [0.717, 1.165) is 5.69 Å². The van der Waals surface area contributed by atoms with Gasteiger partial charge in [-0.15, -0.1) is 0 Å². The van der Waals surface area contributed by atoms with E-state index in [1.807, 2.05) is 12.1 Å². The molecule has 0 radical (unpaired) electrons. The fourth-order valence-corrected chi connectivity index (χ4v) is 3.58. The lowest BCUT2D eigenvalue weighted by molar-refractivity contribution is -0.156. The average Bonchev–Trinajstić information content (AvgIpc) is 2.67. The van der Waals surface area contributed by atoms with Crippen LogP contribution in [0.15, 0.2) is 24.5 Å². The highest BCUT2D eigenvalue weighted by Gasteiger charge is 2.38. The normalized spacial score (nSPS) is 19.7. The molecule has 146 valence electrons. The van der Waals surface area contributed by atoms with Gasteiger partial charge in [-0.25, -0.2) is 0 Å². The third-order valence-electron chi connectivity index (χ3n) is 5.24. The lowest BCUT2D eigenvalue weighted by atomic mass is 9.88. The number of carbonyl (C=O) groups is 3. The number of carbonyl (C=O) groups excluding carboxylic acids is 2. The molecule has 2 fully saturated rings. The second-order valence-electron chi connectivity index (χ2n) is 7.07. The molecule has 0 aliphatic carbocycles. The number of aliphatic carboxylic acids is 1. The van der Waals surface area contributed by atoms with Crippen molar-refractivity contribution in [2.24, 2.45) is 0 Å². The number of piperidine rings is 1. The molecule has 2 amide bonds. The summed E-state index contributed by atoms with van der Waals surface area (Å²) in [6, 6.07) is 3.82. The molecule has 9 heteroatoms. The molecule has 2 N–H and O–H groups in total. The summed E-state index contributed by atoms with van der Waals surface area (Å²) in [4.78, 5) is 44.9. The number of piperazine rings is 1. The summed E-state index contributed by atoms with van der Waals surface area (Å²) in [5.41, 5.74) is -0.265. The molecular weight excluding hydrogens is 352 g/mol. The summed E-state index contributed by atoms with van der Waals surface area (Å²) in [6.07, 6.45) is 3.42. The van der Waals surface area contributed by atoms with Gasteiger partial charge in [0.25, 0.3) is 0 Å². The lowest BCUT2D eigenvalue weighted by Crippen LogP contribution is -2.55. The second-order valence-corrected chi connectivity index (χ2v) is 7.07. The van der Waals surface area contributed by atoms with Crippen molar-refractivity contribution < 1.29 is 24.6 Å². The Morgan fingerprint density at radius 1 is 0.926 bits per heavy atom. The van der Waals surface area contributed by atoms with Crippen LogP contribution >= 0.6 is 0 Å². The van der Waals surface area contributed by atoms with E-state index in [2.05, 4.69) is 9.88 Å². The molecular formula is C18H24N4O5. The fraction of sp³-hybridized carbons (Fsp3) is 0.556. The minimum Gasteiger partial charge on any atom is -0.481 e. The van der Waals surface area contributed by atoms with Crippen molar-refractivity contribution in [1.82, 2.24) is 14.8 Å². The zero-order valence-electron chi connectivity index (χ0n) is 15.1. The van der Waals surface area contributed by atoms with Crippen molar-refractivity contribution in [3.8, 4) is 0 Å². The maximum Gasteiger partial charge on any atom is 0.312 e. The quantitative estimate of drug-likeness (QED) is 0.687. The van der Waals surface area contributed by atoms with Crippen LogP contribution < -0.4 is 4.90 Å². The molecule has 2 aliphatic heterocycles. The van der Waals surface area contributed by atoms with Crippen LogP contribution in [0.4, 0.5) is 5.69 Å². The van der Waals surface area contributed by atoms with Gasteiger partial charge in [0.1, 0.15) is 0 Å².